The molecular formula is C22H28ClNO4. The van der Waals surface area contributed by atoms with Crippen LogP contribution in [0.4, 0.5) is 0 Å². The molecule has 1 atom stereocenters. The lowest BCUT2D eigenvalue weighted by molar-refractivity contribution is -0.137. The lowest BCUT2D eigenvalue weighted by Gasteiger charge is -2.33. The fourth-order valence-corrected chi connectivity index (χ4v) is 3.27. The van der Waals surface area contributed by atoms with Gasteiger partial charge < -0.3 is 14.6 Å². The first-order chi connectivity index (χ1) is 13.0. The maximum atomic E-state index is 10.7. The molecule has 0 saturated carbocycles. The van der Waals surface area contributed by atoms with Gasteiger partial charge in [0.15, 0.2) is 0 Å². The number of carboxylic acid groups (broad SMARTS) is 1. The zero-order chi connectivity index (χ0) is 19.2. The van der Waals surface area contributed by atoms with Crippen LogP contribution in [0.15, 0.2) is 42.5 Å². The van der Waals surface area contributed by atoms with Crippen LogP contribution < -0.4 is 4.74 Å². The summed E-state index contributed by atoms with van der Waals surface area (Å²) in [6.07, 6.45) is 0.898. The lowest BCUT2D eigenvalue weighted by atomic mass is 10.1. The van der Waals surface area contributed by atoms with E-state index in [-0.39, 0.29) is 24.9 Å². The van der Waals surface area contributed by atoms with Gasteiger partial charge in [-0.25, -0.2) is 0 Å². The Morgan fingerprint density at radius 3 is 2.68 bits per heavy atom. The molecule has 0 amide bonds. The van der Waals surface area contributed by atoms with Gasteiger partial charge in [0.2, 0.25) is 0 Å². The van der Waals surface area contributed by atoms with Crippen molar-refractivity contribution in [1.82, 2.24) is 4.90 Å². The minimum atomic E-state index is -0.737. The lowest BCUT2D eigenvalue weighted by Crippen LogP contribution is -2.38. The van der Waals surface area contributed by atoms with Gasteiger partial charge in [-0.3, -0.25) is 9.69 Å². The molecule has 1 heterocycles. The first-order valence-electron chi connectivity index (χ1n) is 9.42. The van der Waals surface area contributed by atoms with Crippen LogP contribution in [0.25, 0.3) is 0 Å². The van der Waals surface area contributed by atoms with Gasteiger partial charge in [-0.05, 0) is 61.7 Å². The summed E-state index contributed by atoms with van der Waals surface area (Å²) in [6.45, 7) is 7.24. The Morgan fingerprint density at radius 2 is 1.96 bits per heavy atom. The van der Waals surface area contributed by atoms with Gasteiger partial charge in [-0.2, -0.15) is 0 Å². The number of benzene rings is 2. The van der Waals surface area contributed by atoms with E-state index in [2.05, 4.69) is 24.8 Å². The maximum absolute atomic E-state index is 10.7. The predicted octanol–water partition coefficient (Wildman–Crippen LogP) is 4.76. The third-order valence-corrected chi connectivity index (χ3v) is 5.05. The normalized spacial score (nSPS) is 17.0. The highest BCUT2D eigenvalue weighted by Gasteiger charge is 2.22. The number of morpholine rings is 1. The fourth-order valence-electron chi connectivity index (χ4n) is 3.27. The van der Waals surface area contributed by atoms with E-state index >= 15 is 0 Å². The summed E-state index contributed by atoms with van der Waals surface area (Å²) in [5.41, 5.74) is 3.48. The number of aliphatic carboxylic acids is 1. The van der Waals surface area contributed by atoms with Crippen molar-refractivity contribution < 1.29 is 19.4 Å². The summed E-state index contributed by atoms with van der Waals surface area (Å²) >= 11 is 0. The highest BCUT2D eigenvalue weighted by atomic mass is 35.5. The van der Waals surface area contributed by atoms with E-state index in [4.69, 9.17) is 14.6 Å². The number of halogens is 1. The predicted molar refractivity (Wildman–Crippen MR) is 112 cm³/mol. The SMILES string of the molecule is Cc1cccc(Oc2ccc(C3CN(CCCC(=O)O)CCO3)cc2)c1C.Cl. The minimum Gasteiger partial charge on any atom is -0.481 e. The van der Waals surface area contributed by atoms with Crippen LogP contribution >= 0.6 is 12.4 Å². The van der Waals surface area contributed by atoms with Gasteiger partial charge in [0.1, 0.15) is 11.5 Å². The number of carbonyl (C=O) groups is 1. The van der Waals surface area contributed by atoms with Crippen LogP contribution in [0.2, 0.25) is 0 Å². The molecule has 1 N–H and O–H groups in total. The Labute approximate surface area is 172 Å². The van der Waals surface area contributed by atoms with Crippen molar-refractivity contribution in [3.63, 3.8) is 0 Å². The van der Waals surface area contributed by atoms with Crippen LogP contribution in [0.1, 0.15) is 35.6 Å². The second-order valence-corrected chi connectivity index (χ2v) is 7.03. The van der Waals surface area contributed by atoms with Crippen molar-refractivity contribution in [2.75, 3.05) is 26.2 Å². The summed E-state index contributed by atoms with van der Waals surface area (Å²) in [4.78, 5) is 12.9. The second kappa shape index (κ2) is 10.5. The molecule has 0 aliphatic carbocycles. The van der Waals surface area contributed by atoms with Gasteiger partial charge >= 0.3 is 5.97 Å². The molecule has 3 rings (SSSR count). The monoisotopic (exact) mass is 405 g/mol. The average molecular weight is 406 g/mol. The Bertz CT molecular complexity index is 779. The molecule has 28 heavy (non-hydrogen) atoms. The molecule has 2 aromatic carbocycles. The maximum Gasteiger partial charge on any atom is 0.303 e. The molecule has 1 unspecified atom stereocenters. The third-order valence-electron chi connectivity index (χ3n) is 5.05. The summed E-state index contributed by atoms with van der Waals surface area (Å²) in [5, 5.41) is 8.78. The summed E-state index contributed by atoms with van der Waals surface area (Å²) in [6, 6.07) is 14.1. The topological polar surface area (TPSA) is 59.0 Å². The molecule has 0 spiro atoms. The third kappa shape index (κ3) is 5.96. The quantitative estimate of drug-likeness (QED) is 0.719. The zero-order valence-electron chi connectivity index (χ0n) is 16.4. The molecule has 1 saturated heterocycles. The van der Waals surface area contributed by atoms with E-state index in [1.807, 2.05) is 36.4 Å². The number of carboxylic acids is 1. The van der Waals surface area contributed by atoms with Crippen LogP contribution in [0.3, 0.4) is 0 Å². The molecule has 0 bridgehead atoms. The van der Waals surface area contributed by atoms with Gasteiger partial charge in [-0.1, -0.05) is 24.3 Å². The van der Waals surface area contributed by atoms with Crippen LogP contribution in [0, 0.1) is 13.8 Å². The molecule has 0 radical (unpaired) electrons. The van der Waals surface area contributed by atoms with Crippen LogP contribution in [0.5, 0.6) is 11.5 Å². The number of hydrogen-bond acceptors (Lipinski definition) is 4. The van der Waals surface area contributed by atoms with E-state index < -0.39 is 5.97 Å². The molecule has 6 heteroatoms. The Kier molecular flexibility index (Phi) is 8.30. The number of rotatable bonds is 7. The van der Waals surface area contributed by atoms with Crippen molar-refractivity contribution >= 4 is 18.4 Å². The number of aryl methyl sites for hydroxylation is 1. The molecule has 1 aliphatic heterocycles. The average Bonchev–Trinajstić information content (AvgIpc) is 2.66. The summed E-state index contributed by atoms with van der Waals surface area (Å²) in [7, 11) is 0. The fraction of sp³-hybridized carbons (Fsp3) is 0.409. The molecule has 2 aromatic rings. The first kappa shape index (κ1) is 22.2. The van der Waals surface area contributed by atoms with E-state index in [1.165, 1.54) is 5.56 Å². The van der Waals surface area contributed by atoms with Crippen molar-refractivity contribution in [1.29, 1.82) is 0 Å². The van der Waals surface area contributed by atoms with Crippen LogP contribution in [-0.2, 0) is 9.53 Å². The molecule has 5 nitrogen and oxygen atoms in total. The molecule has 1 aliphatic rings. The zero-order valence-corrected chi connectivity index (χ0v) is 17.2. The second-order valence-electron chi connectivity index (χ2n) is 7.03. The smallest absolute Gasteiger partial charge is 0.303 e. The van der Waals surface area contributed by atoms with Gasteiger partial charge in [0, 0.05) is 19.5 Å². The summed E-state index contributed by atoms with van der Waals surface area (Å²) in [5.74, 6) is 0.946. The number of hydrogen-bond donors (Lipinski definition) is 1. The Balaban J connectivity index is 0.00000280. The largest absolute Gasteiger partial charge is 0.481 e. The highest BCUT2D eigenvalue weighted by Crippen LogP contribution is 2.29. The molecule has 152 valence electrons. The first-order valence-corrected chi connectivity index (χ1v) is 9.42. The molecular weight excluding hydrogens is 378 g/mol. The van der Waals surface area contributed by atoms with Gasteiger partial charge in [0.25, 0.3) is 0 Å². The Hall–Kier alpha value is -2.08. The Morgan fingerprint density at radius 1 is 1.21 bits per heavy atom. The molecule has 0 aromatic heterocycles. The highest BCUT2D eigenvalue weighted by molar-refractivity contribution is 5.85. The van der Waals surface area contributed by atoms with Gasteiger partial charge in [-0.15, -0.1) is 12.4 Å². The van der Waals surface area contributed by atoms with Crippen molar-refractivity contribution in [2.24, 2.45) is 0 Å². The minimum absolute atomic E-state index is 0. The van der Waals surface area contributed by atoms with Crippen molar-refractivity contribution in [2.45, 2.75) is 32.8 Å². The van der Waals surface area contributed by atoms with E-state index in [0.717, 1.165) is 42.3 Å². The molecule has 1 fully saturated rings. The number of nitrogens with zero attached hydrogens (tertiary/aromatic N) is 1. The van der Waals surface area contributed by atoms with Crippen LogP contribution in [-0.4, -0.2) is 42.2 Å². The van der Waals surface area contributed by atoms with E-state index in [9.17, 15) is 4.79 Å². The number of ether oxygens (including phenoxy) is 2. The summed E-state index contributed by atoms with van der Waals surface area (Å²) < 4.78 is 11.9. The van der Waals surface area contributed by atoms with E-state index in [1.54, 1.807) is 0 Å². The van der Waals surface area contributed by atoms with Gasteiger partial charge in [0.05, 0.1) is 12.7 Å². The van der Waals surface area contributed by atoms with Crippen molar-refractivity contribution in [3.8, 4) is 11.5 Å². The van der Waals surface area contributed by atoms with E-state index in [0.29, 0.717) is 13.0 Å². The van der Waals surface area contributed by atoms with Crippen molar-refractivity contribution in [3.05, 3.63) is 59.2 Å². The standard InChI is InChI=1S/C22H27NO4.ClH/c1-16-5-3-6-20(17(16)2)27-19-10-8-18(9-11-19)21-15-23(13-14-26-21)12-4-7-22(24)25;/h3,5-6,8-11,21H,4,7,12-15H2,1-2H3,(H,24,25);1H.